The van der Waals surface area contributed by atoms with Crippen molar-refractivity contribution in [2.75, 3.05) is 0 Å². The van der Waals surface area contributed by atoms with Gasteiger partial charge in [-0.15, -0.1) is 0 Å². The third-order valence-electron chi connectivity index (χ3n) is 0. The molecule has 1 unspecified atom stereocenters. The Kier molecular flexibility index (Phi) is 166. The molecule has 5 heteroatoms. The molecule has 0 aromatic rings. The molecule has 0 aromatic heterocycles. The zero-order chi connectivity index (χ0) is 0. The summed E-state index contributed by atoms with van der Waals surface area (Å²) in [6.45, 7) is 0. The molecular formula is H5EuKOPW. The van der Waals surface area contributed by atoms with Gasteiger partial charge >= 0.3 is 0 Å². The maximum absolute atomic E-state index is 0. The summed E-state index contributed by atoms with van der Waals surface area (Å²) in [7, 11) is 0. The summed E-state index contributed by atoms with van der Waals surface area (Å²) in [6.07, 6.45) is 0. The molecule has 0 bridgehead atoms. The van der Waals surface area contributed by atoms with E-state index in [0.717, 1.165) is 0 Å². The van der Waals surface area contributed by atoms with Gasteiger partial charge in [-0.05, 0) is 0 Å². The summed E-state index contributed by atoms with van der Waals surface area (Å²) in [5, 5.41) is 0. The van der Waals surface area contributed by atoms with Gasteiger partial charge in [0.05, 0.1) is 0 Å². The fourth-order valence-electron chi connectivity index (χ4n) is 0. The van der Waals surface area contributed by atoms with Crippen LogP contribution in [0.4, 0.5) is 0 Å². The molecule has 5 heavy (non-hydrogen) atoms. The van der Waals surface area contributed by atoms with E-state index in [9.17, 15) is 0 Å². The van der Waals surface area contributed by atoms with Crippen molar-refractivity contribution in [3.8, 4) is 0 Å². The van der Waals surface area contributed by atoms with Crippen molar-refractivity contribution in [3.63, 3.8) is 0 Å². The molecule has 0 amide bonds. The van der Waals surface area contributed by atoms with Crippen LogP contribution in [-0.4, -0.2) is 56.9 Å². The molecule has 0 aliphatic heterocycles. The van der Waals surface area contributed by atoms with Crippen molar-refractivity contribution >= 4 is 61.3 Å². The molecule has 0 saturated heterocycles. The molecule has 0 aliphatic carbocycles. The van der Waals surface area contributed by atoms with Gasteiger partial charge in [0, 0.05) is 122 Å². The van der Waals surface area contributed by atoms with Gasteiger partial charge < -0.3 is 5.48 Å². The van der Waals surface area contributed by atoms with E-state index in [1.165, 1.54) is 0 Å². The first-order valence-corrected chi connectivity index (χ1v) is 0. The van der Waals surface area contributed by atoms with Crippen LogP contribution in [0.25, 0.3) is 0 Å². The van der Waals surface area contributed by atoms with Gasteiger partial charge in [0.2, 0.25) is 0 Å². The normalized spacial score (nSPS) is 0. The van der Waals surface area contributed by atoms with Gasteiger partial charge in [0.1, 0.15) is 0 Å². The van der Waals surface area contributed by atoms with Crippen LogP contribution in [0.3, 0.4) is 0 Å². The first kappa shape index (κ1) is 34.7. The van der Waals surface area contributed by atoms with Crippen LogP contribution in [0.5, 0.6) is 0 Å². The van der Waals surface area contributed by atoms with Crippen molar-refractivity contribution < 1.29 is 75.9 Å². The minimum absolute atomic E-state index is 0. The first-order chi connectivity index (χ1) is 0. The Labute approximate surface area is 133 Å². The zero-order valence-corrected chi connectivity index (χ0v) is 12.9. The Hall–Kier alpha value is 4.30. The van der Waals surface area contributed by atoms with Crippen LogP contribution < -0.4 is 0 Å². The Morgan fingerprint density at radius 2 is 1.00 bits per heavy atom. The molecule has 30 valence electrons. The van der Waals surface area contributed by atoms with E-state index in [4.69, 9.17) is 0 Å². The number of rotatable bonds is 0. The average Bonchev–Trinajstić information content (AvgIpc) is 0. The summed E-state index contributed by atoms with van der Waals surface area (Å²) in [5.41, 5.74) is 0. The molecule has 0 rings (SSSR count). The van der Waals surface area contributed by atoms with E-state index >= 15 is 0 Å². The van der Waals surface area contributed by atoms with Gasteiger partial charge in [0.25, 0.3) is 0 Å². The summed E-state index contributed by atoms with van der Waals surface area (Å²) in [6, 6.07) is 0. The molecule has 2 N–H and O–H groups in total. The first-order valence-electron chi connectivity index (χ1n) is 0. The summed E-state index contributed by atoms with van der Waals surface area (Å²) < 4.78 is 0. The Bertz CT molecular complexity index is 11.6. The molecular weight excluding hydrogens is 422 g/mol. The average molecular weight is 427 g/mol. The Morgan fingerprint density at radius 1 is 1.00 bits per heavy atom. The van der Waals surface area contributed by atoms with E-state index < -0.39 is 0 Å². The SMILES string of the molecule is O.P.[Eu].[K].[W]. The van der Waals surface area contributed by atoms with Crippen molar-refractivity contribution in [2.45, 2.75) is 0 Å². The summed E-state index contributed by atoms with van der Waals surface area (Å²) in [5.74, 6) is 0. The molecule has 0 spiro atoms. The van der Waals surface area contributed by atoms with Crippen LogP contribution >= 0.6 is 9.90 Å². The fraction of sp³-hybridized carbons (Fsp3) is 0. The molecule has 2 radical (unpaired) electrons. The van der Waals surface area contributed by atoms with E-state index in [1.807, 2.05) is 0 Å². The molecule has 0 aromatic carbocycles. The molecule has 1 nitrogen and oxygen atoms in total. The van der Waals surface area contributed by atoms with Crippen molar-refractivity contribution in [2.24, 2.45) is 0 Å². The summed E-state index contributed by atoms with van der Waals surface area (Å²) >= 11 is 0. The van der Waals surface area contributed by atoms with Gasteiger partial charge in [-0.2, -0.15) is 9.90 Å². The molecule has 0 fully saturated rings. The Morgan fingerprint density at radius 3 is 1.00 bits per heavy atom. The predicted molar refractivity (Wildman–Crippen MR) is 20.5 cm³/mol. The quantitative estimate of drug-likeness (QED) is 0.346. The molecule has 0 saturated carbocycles. The number of hydrogen-bond acceptors (Lipinski definition) is 0. The maximum Gasteiger partial charge on any atom is 0 e. The third kappa shape index (κ3) is 17.8. The van der Waals surface area contributed by atoms with Crippen LogP contribution in [0, 0.1) is 49.4 Å². The van der Waals surface area contributed by atoms with Crippen LogP contribution in [0.2, 0.25) is 0 Å². The van der Waals surface area contributed by atoms with Gasteiger partial charge in [-0.25, -0.2) is 0 Å². The minimum atomic E-state index is 0. The second kappa shape index (κ2) is 23.9. The van der Waals surface area contributed by atoms with Crippen LogP contribution in [0.15, 0.2) is 0 Å². The van der Waals surface area contributed by atoms with E-state index in [-0.39, 0.29) is 137 Å². The summed E-state index contributed by atoms with van der Waals surface area (Å²) in [4.78, 5) is 0. The second-order valence-electron chi connectivity index (χ2n) is 0. The van der Waals surface area contributed by atoms with Crippen molar-refractivity contribution in [1.82, 2.24) is 0 Å². The largest absolute Gasteiger partial charge is 0.412 e. The van der Waals surface area contributed by atoms with Crippen LogP contribution in [-0.2, 0) is 21.1 Å². The minimum Gasteiger partial charge on any atom is -0.412 e. The fourth-order valence-corrected chi connectivity index (χ4v) is 0. The molecule has 0 aliphatic rings. The monoisotopic (exact) mass is 428 g/mol. The maximum atomic E-state index is 0. The Balaban J connectivity index is 0. The van der Waals surface area contributed by atoms with Gasteiger partial charge in [0.15, 0.2) is 0 Å². The van der Waals surface area contributed by atoms with E-state index in [1.54, 1.807) is 0 Å². The van der Waals surface area contributed by atoms with Crippen molar-refractivity contribution in [1.29, 1.82) is 0 Å². The van der Waals surface area contributed by atoms with Crippen molar-refractivity contribution in [3.05, 3.63) is 0 Å². The number of hydrogen-bond donors (Lipinski definition) is 0. The molecule has 1 atom stereocenters. The third-order valence-corrected chi connectivity index (χ3v) is 0. The standard InChI is InChI=1S/Eu.K.H2O.H3P.W/h;;1H2;1H3;. The van der Waals surface area contributed by atoms with Gasteiger partial charge in [-0.3, -0.25) is 0 Å². The van der Waals surface area contributed by atoms with E-state index in [0.29, 0.717) is 0 Å². The zero-order valence-electron chi connectivity index (χ0n) is 2.99. The molecule has 0 heterocycles. The predicted octanol–water partition coefficient (Wildman–Crippen LogP) is -1.15. The smallest absolute Gasteiger partial charge is 0 e. The van der Waals surface area contributed by atoms with E-state index in [2.05, 4.69) is 0 Å². The topological polar surface area (TPSA) is 31.5 Å². The van der Waals surface area contributed by atoms with Crippen LogP contribution in [0.1, 0.15) is 0 Å². The second-order valence-corrected chi connectivity index (χ2v) is 0. The van der Waals surface area contributed by atoms with Gasteiger partial charge in [-0.1, -0.05) is 0 Å².